The average molecular weight is 194 g/mol. The molecule has 0 spiro atoms. The van der Waals surface area contributed by atoms with Crippen molar-refractivity contribution >= 4 is 12.0 Å². The van der Waals surface area contributed by atoms with Crippen LogP contribution in [0, 0.1) is 5.41 Å². The van der Waals surface area contributed by atoms with E-state index >= 15 is 0 Å². The molecule has 1 aromatic rings. The molecule has 5 nitrogen and oxygen atoms in total. The fourth-order valence-corrected chi connectivity index (χ4v) is 1.72. The van der Waals surface area contributed by atoms with Gasteiger partial charge in [-0.1, -0.05) is 0 Å². The Balaban J connectivity index is 2.22. The van der Waals surface area contributed by atoms with Crippen LogP contribution < -0.4 is 5.73 Å². The molecule has 5 heteroatoms. The highest BCUT2D eigenvalue weighted by molar-refractivity contribution is 5.83. The van der Waals surface area contributed by atoms with E-state index in [1.807, 2.05) is 4.68 Å². The van der Waals surface area contributed by atoms with Crippen molar-refractivity contribution in [2.75, 3.05) is 18.9 Å². The van der Waals surface area contributed by atoms with Gasteiger partial charge in [0.05, 0.1) is 17.8 Å². The molecule has 0 radical (unpaired) electrons. The summed E-state index contributed by atoms with van der Waals surface area (Å²) < 4.78 is 7.08. The van der Waals surface area contributed by atoms with E-state index in [-0.39, 0.29) is 0 Å². The van der Waals surface area contributed by atoms with Gasteiger partial charge in [0.1, 0.15) is 5.82 Å². The highest BCUT2D eigenvalue weighted by Gasteiger charge is 2.19. The highest BCUT2D eigenvalue weighted by atomic mass is 16.5. The number of nitrogen functional groups attached to an aromatic ring is 1. The molecule has 2 rings (SSSR count). The minimum absolute atomic E-state index is 0.331. The van der Waals surface area contributed by atoms with Crippen molar-refractivity contribution in [1.82, 2.24) is 9.78 Å². The Hall–Kier alpha value is -1.36. The van der Waals surface area contributed by atoms with Crippen LogP contribution >= 0.6 is 0 Å². The molecule has 0 aliphatic carbocycles. The normalized spacial score (nSPS) is 18.3. The van der Waals surface area contributed by atoms with Gasteiger partial charge < -0.3 is 15.9 Å². The quantitative estimate of drug-likeness (QED) is 0.684. The molecule has 0 atom stereocenters. The maximum absolute atomic E-state index is 7.13. The van der Waals surface area contributed by atoms with Crippen molar-refractivity contribution in [2.24, 2.45) is 0 Å². The zero-order valence-electron chi connectivity index (χ0n) is 7.94. The summed E-state index contributed by atoms with van der Waals surface area (Å²) in [4.78, 5) is 0. The second-order valence-electron chi connectivity index (χ2n) is 3.42. The summed E-state index contributed by atoms with van der Waals surface area (Å²) in [5.41, 5.74) is 6.54. The number of aromatic nitrogens is 2. The largest absolute Gasteiger partial charge is 0.383 e. The predicted molar refractivity (Wildman–Crippen MR) is 53.6 cm³/mol. The van der Waals surface area contributed by atoms with Crippen LogP contribution in [0.25, 0.3) is 0 Å². The van der Waals surface area contributed by atoms with E-state index in [1.165, 1.54) is 6.21 Å². The molecule has 0 amide bonds. The minimum atomic E-state index is 0.331. The SMILES string of the molecule is N=Cc1cnn(C2CCOCC2)c1N. The lowest BCUT2D eigenvalue weighted by molar-refractivity contribution is 0.0669. The molecule has 0 aromatic carbocycles. The van der Waals surface area contributed by atoms with Crippen LogP contribution in [-0.4, -0.2) is 29.2 Å². The van der Waals surface area contributed by atoms with Gasteiger partial charge >= 0.3 is 0 Å². The zero-order valence-corrected chi connectivity index (χ0v) is 7.94. The maximum Gasteiger partial charge on any atom is 0.130 e. The standard InChI is InChI=1S/C9H14N4O/c10-5-7-6-12-13(9(7)11)8-1-3-14-4-2-8/h5-6,8,10H,1-4,11H2. The van der Waals surface area contributed by atoms with E-state index in [1.54, 1.807) is 6.20 Å². The van der Waals surface area contributed by atoms with Gasteiger partial charge in [-0.15, -0.1) is 0 Å². The van der Waals surface area contributed by atoms with Gasteiger partial charge in [0.25, 0.3) is 0 Å². The number of anilines is 1. The van der Waals surface area contributed by atoms with Crippen LogP contribution in [0.1, 0.15) is 24.4 Å². The van der Waals surface area contributed by atoms with Crippen molar-refractivity contribution < 1.29 is 4.74 Å². The van der Waals surface area contributed by atoms with E-state index < -0.39 is 0 Å². The van der Waals surface area contributed by atoms with Gasteiger partial charge in [-0.05, 0) is 12.8 Å². The van der Waals surface area contributed by atoms with E-state index in [2.05, 4.69) is 5.10 Å². The number of hydrogen-bond acceptors (Lipinski definition) is 4. The molecule has 1 aliphatic heterocycles. The van der Waals surface area contributed by atoms with Crippen molar-refractivity contribution in [3.8, 4) is 0 Å². The Morgan fingerprint density at radius 1 is 1.57 bits per heavy atom. The Morgan fingerprint density at radius 3 is 2.86 bits per heavy atom. The average Bonchev–Trinajstić information content (AvgIpc) is 2.61. The summed E-state index contributed by atoms with van der Waals surface area (Å²) in [6, 6.07) is 0.331. The smallest absolute Gasteiger partial charge is 0.130 e. The molecule has 76 valence electrons. The first-order chi connectivity index (χ1) is 6.83. The fraction of sp³-hybridized carbons (Fsp3) is 0.556. The van der Waals surface area contributed by atoms with Gasteiger partial charge in [0, 0.05) is 19.4 Å². The maximum atomic E-state index is 7.13. The summed E-state index contributed by atoms with van der Waals surface area (Å²) >= 11 is 0. The molecule has 1 saturated heterocycles. The van der Waals surface area contributed by atoms with Gasteiger partial charge in [-0.3, -0.25) is 0 Å². The Labute approximate surface area is 82.4 Å². The molecule has 0 saturated carbocycles. The summed E-state index contributed by atoms with van der Waals surface area (Å²) in [7, 11) is 0. The van der Waals surface area contributed by atoms with E-state index in [4.69, 9.17) is 15.9 Å². The van der Waals surface area contributed by atoms with Crippen LogP contribution in [0.4, 0.5) is 5.82 Å². The Bertz CT molecular complexity index is 328. The van der Waals surface area contributed by atoms with Crippen molar-refractivity contribution in [3.05, 3.63) is 11.8 Å². The molecule has 1 fully saturated rings. The number of ether oxygens (including phenoxy) is 1. The van der Waals surface area contributed by atoms with E-state index in [0.717, 1.165) is 26.1 Å². The van der Waals surface area contributed by atoms with Crippen LogP contribution in [0.3, 0.4) is 0 Å². The second-order valence-corrected chi connectivity index (χ2v) is 3.42. The molecule has 1 aromatic heterocycles. The lowest BCUT2D eigenvalue weighted by atomic mass is 10.1. The first-order valence-electron chi connectivity index (χ1n) is 4.74. The first kappa shape index (κ1) is 9.21. The van der Waals surface area contributed by atoms with Gasteiger partial charge in [0.2, 0.25) is 0 Å². The number of hydrogen-bond donors (Lipinski definition) is 2. The molecule has 3 N–H and O–H groups in total. The molecular weight excluding hydrogens is 180 g/mol. The Morgan fingerprint density at radius 2 is 2.29 bits per heavy atom. The number of nitrogens with one attached hydrogen (secondary N) is 1. The topological polar surface area (TPSA) is 76.9 Å². The van der Waals surface area contributed by atoms with Crippen LogP contribution in [-0.2, 0) is 4.74 Å². The van der Waals surface area contributed by atoms with E-state index in [0.29, 0.717) is 17.4 Å². The van der Waals surface area contributed by atoms with Gasteiger partial charge in [-0.2, -0.15) is 5.10 Å². The van der Waals surface area contributed by atoms with E-state index in [9.17, 15) is 0 Å². The predicted octanol–water partition coefficient (Wildman–Crippen LogP) is 0.814. The van der Waals surface area contributed by atoms with Crippen molar-refractivity contribution in [2.45, 2.75) is 18.9 Å². The molecule has 1 aliphatic rings. The summed E-state index contributed by atoms with van der Waals surface area (Å²) in [6.07, 6.45) is 4.77. The lowest BCUT2D eigenvalue weighted by Crippen LogP contribution is -2.21. The summed E-state index contributed by atoms with van der Waals surface area (Å²) in [6.45, 7) is 1.54. The van der Waals surface area contributed by atoms with Gasteiger partial charge in [0.15, 0.2) is 0 Å². The van der Waals surface area contributed by atoms with Crippen LogP contribution in [0.15, 0.2) is 6.20 Å². The summed E-state index contributed by atoms with van der Waals surface area (Å²) in [5, 5.41) is 11.3. The number of nitrogens with two attached hydrogens (primary N) is 1. The summed E-state index contributed by atoms with van der Waals surface area (Å²) in [5.74, 6) is 0.590. The number of nitrogens with zero attached hydrogens (tertiary/aromatic N) is 2. The third-order valence-corrected chi connectivity index (χ3v) is 2.56. The lowest BCUT2D eigenvalue weighted by Gasteiger charge is -2.23. The molecular formula is C9H14N4O. The molecule has 2 heterocycles. The second kappa shape index (κ2) is 3.79. The third kappa shape index (κ3) is 1.50. The van der Waals surface area contributed by atoms with Crippen LogP contribution in [0.5, 0.6) is 0 Å². The minimum Gasteiger partial charge on any atom is -0.383 e. The molecule has 0 bridgehead atoms. The molecule has 0 unspecified atom stereocenters. The Kier molecular flexibility index (Phi) is 2.49. The fourth-order valence-electron chi connectivity index (χ4n) is 1.72. The number of rotatable bonds is 2. The highest BCUT2D eigenvalue weighted by Crippen LogP contribution is 2.23. The van der Waals surface area contributed by atoms with Crippen molar-refractivity contribution in [1.29, 1.82) is 5.41 Å². The first-order valence-corrected chi connectivity index (χ1v) is 4.74. The monoisotopic (exact) mass is 194 g/mol. The van der Waals surface area contributed by atoms with Gasteiger partial charge in [-0.25, -0.2) is 4.68 Å². The molecule has 14 heavy (non-hydrogen) atoms. The van der Waals surface area contributed by atoms with Crippen molar-refractivity contribution in [3.63, 3.8) is 0 Å². The zero-order chi connectivity index (χ0) is 9.97. The third-order valence-electron chi connectivity index (χ3n) is 2.56. The van der Waals surface area contributed by atoms with Crippen LogP contribution in [0.2, 0.25) is 0 Å².